The largest absolute Gasteiger partial charge is 0.476 e. The first-order valence-corrected chi connectivity index (χ1v) is 6.12. The zero-order chi connectivity index (χ0) is 14.5. The molecule has 0 saturated carbocycles. The highest BCUT2D eigenvalue weighted by atomic mass is 35.5. The van der Waals surface area contributed by atoms with Crippen molar-refractivity contribution in [1.82, 2.24) is 15.0 Å². The van der Waals surface area contributed by atoms with Crippen molar-refractivity contribution in [2.75, 3.05) is 5.32 Å². The molecule has 0 aliphatic heterocycles. The molecule has 1 amide bonds. The number of hydrogen-bond acceptors (Lipinski definition) is 4. The molecule has 104 valence electrons. The molecule has 20 heavy (non-hydrogen) atoms. The van der Waals surface area contributed by atoms with E-state index in [1.165, 1.54) is 10.9 Å². The highest BCUT2D eigenvalue weighted by molar-refractivity contribution is 6.33. The first-order chi connectivity index (χ1) is 9.56. The third-order valence-electron chi connectivity index (χ3n) is 2.47. The van der Waals surface area contributed by atoms with Crippen molar-refractivity contribution >= 4 is 29.2 Å². The fraction of sp³-hybridized carbons (Fsp3) is 0.167. The number of aryl methyl sites for hydroxylation is 1. The van der Waals surface area contributed by atoms with Gasteiger partial charge in [-0.3, -0.25) is 9.48 Å². The van der Waals surface area contributed by atoms with E-state index >= 15 is 0 Å². The Morgan fingerprint density at radius 3 is 2.75 bits per heavy atom. The molecule has 2 N–H and O–H groups in total. The van der Waals surface area contributed by atoms with Crippen LogP contribution in [0.15, 0.2) is 30.5 Å². The van der Waals surface area contributed by atoms with Crippen molar-refractivity contribution in [2.24, 2.45) is 0 Å². The zero-order valence-corrected chi connectivity index (χ0v) is 11.0. The lowest BCUT2D eigenvalue weighted by atomic mass is 10.3. The molecule has 1 aromatic carbocycles. The Morgan fingerprint density at radius 2 is 2.10 bits per heavy atom. The lowest BCUT2D eigenvalue weighted by Crippen LogP contribution is -2.15. The van der Waals surface area contributed by atoms with Crippen LogP contribution in [0.1, 0.15) is 16.9 Å². The molecule has 0 spiro atoms. The van der Waals surface area contributed by atoms with Crippen molar-refractivity contribution < 1.29 is 14.7 Å². The van der Waals surface area contributed by atoms with E-state index in [0.717, 1.165) is 0 Å². The van der Waals surface area contributed by atoms with E-state index in [1.807, 2.05) is 0 Å². The number of nitrogens with zero attached hydrogens (tertiary/aromatic N) is 3. The van der Waals surface area contributed by atoms with E-state index in [9.17, 15) is 9.59 Å². The minimum absolute atomic E-state index is 0.133. The van der Waals surface area contributed by atoms with Crippen LogP contribution in [-0.4, -0.2) is 32.0 Å². The van der Waals surface area contributed by atoms with Crippen molar-refractivity contribution in [1.29, 1.82) is 0 Å². The van der Waals surface area contributed by atoms with E-state index in [1.54, 1.807) is 24.3 Å². The smallest absolute Gasteiger partial charge is 0.358 e. The van der Waals surface area contributed by atoms with Crippen LogP contribution in [0.4, 0.5) is 5.69 Å². The van der Waals surface area contributed by atoms with Gasteiger partial charge >= 0.3 is 5.97 Å². The molecular formula is C12H11ClN4O3. The average molecular weight is 295 g/mol. The number of para-hydroxylation sites is 1. The summed E-state index contributed by atoms with van der Waals surface area (Å²) in [4.78, 5) is 22.4. The first-order valence-electron chi connectivity index (χ1n) is 5.74. The average Bonchev–Trinajstić information content (AvgIpc) is 2.88. The predicted octanol–water partition coefficient (Wildman–Crippen LogP) is 1.66. The van der Waals surface area contributed by atoms with Crippen LogP contribution in [0, 0.1) is 0 Å². The van der Waals surface area contributed by atoms with Crippen LogP contribution in [0.25, 0.3) is 0 Å². The number of nitrogens with one attached hydrogen (secondary N) is 1. The number of carboxylic acids is 1. The molecule has 2 rings (SSSR count). The SMILES string of the molecule is O=C(CCn1cc(C(=O)O)nn1)Nc1ccccc1Cl. The third-order valence-corrected chi connectivity index (χ3v) is 2.80. The minimum Gasteiger partial charge on any atom is -0.476 e. The lowest BCUT2D eigenvalue weighted by Gasteiger charge is -2.06. The molecule has 2 aromatic rings. The van der Waals surface area contributed by atoms with E-state index in [0.29, 0.717) is 10.7 Å². The quantitative estimate of drug-likeness (QED) is 0.874. The molecule has 0 radical (unpaired) electrons. The van der Waals surface area contributed by atoms with Crippen LogP contribution < -0.4 is 5.32 Å². The van der Waals surface area contributed by atoms with Crippen molar-refractivity contribution in [3.05, 3.63) is 41.2 Å². The summed E-state index contributed by atoms with van der Waals surface area (Å²) >= 11 is 5.92. The van der Waals surface area contributed by atoms with Crippen LogP contribution in [0.3, 0.4) is 0 Å². The summed E-state index contributed by atoms with van der Waals surface area (Å²) in [5.41, 5.74) is 0.375. The number of aromatic carboxylic acids is 1. The molecule has 0 atom stereocenters. The maximum Gasteiger partial charge on any atom is 0.358 e. The molecule has 0 aliphatic rings. The monoisotopic (exact) mass is 294 g/mol. The number of halogens is 1. The van der Waals surface area contributed by atoms with Gasteiger partial charge in [-0.05, 0) is 12.1 Å². The number of anilines is 1. The molecule has 0 bridgehead atoms. The van der Waals surface area contributed by atoms with Gasteiger partial charge in [-0.2, -0.15) is 0 Å². The summed E-state index contributed by atoms with van der Waals surface area (Å²) < 4.78 is 1.30. The minimum atomic E-state index is -1.16. The molecule has 7 nitrogen and oxygen atoms in total. The Hall–Kier alpha value is -2.41. The number of carbonyl (C=O) groups is 2. The molecule has 1 aromatic heterocycles. The maximum absolute atomic E-state index is 11.7. The summed E-state index contributed by atoms with van der Waals surface area (Å²) in [5, 5.41) is 18.9. The zero-order valence-electron chi connectivity index (χ0n) is 10.3. The van der Waals surface area contributed by atoms with Crippen molar-refractivity contribution in [2.45, 2.75) is 13.0 Å². The number of carbonyl (C=O) groups excluding carboxylic acids is 1. The van der Waals surface area contributed by atoms with E-state index in [-0.39, 0.29) is 24.6 Å². The Balaban J connectivity index is 1.89. The summed E-state index contributed by atoms with van der Waals surface area (Å²) in [6, 6.07) is 6.89. The van der Waals surface area contributed by atoms with Gasteiger partial charge in [-0.15, -0.1) is 5.10 Å². The molecule has 1 heterocycles. The van der Waals surface area contributed by atoms with Gasteiger partial charge < -0.3 is 10.4 Å². The Kier molecular flexibility index (Phi) is 4.31. The standard InChI is InChI=1S/C12H11ClN4O3/c13-8-3-1-2-4-9(8)14-11(18)5-6-17-7-10(12(19)20)15-16-17/h1-4,7H,5-6H2,(H,14,18)(H,19,20). The van der Waals surface area contributed by atoms with Gasteiger partial charge in [0.2, 0.25) is 5.91 Å². The van der Waals surface area contributed by atoms with Crippen molar-refractivity contribution in [3.8, 4) is 0 Å². The Bertz CT molecular complexity index is 641. The molecule has 0 aliphatic carbocycles. The number of rotatable bonds is 5. The summed E-state index contributed by atoms with van der Waals surface area (Å²) in [6.07, 6.45) is 1.40. The van der Waals surface area contributed by atoms with Crippen molar-refractivity contribution in [3.63, 3.8) is 0 Å². The normalized spacial score (nSPS) is 10.2. The summed E-state index contributed by atoms with van der Waals surface area (Å²) in [7, 11) is 0. The number of amides is 1. The second-order valence-electron chi connectivity index (χ2n) is 3.95. The van der Waals surface area contributed by atoms with Gasteiger partial charge in [-0.1, -0.05) is 28.9 Å². The Morgan fingerprint density at radius 1 is 1.35 bits per heavy atom. The number of carboxylic acid groups (broad SMARTS) is 1. The topological polar surface area (TPSA) is 97.1 Å². The van der Waals surface area contributed by atoms with E-state index < -0.39 is 5.97 Å². The highest BCUT2D eigenvalue weighted by Crippen LogP contribution is 2.20. The molecule has 8 heteroatoms. The lowest BCUT2D eigenvalue weighted by molar-refractivity contribution is -0.116. The first kappa shape index (κ1) is 14.0. The fourth-order valence-electron chi connectivity index (χ4n) is 1.50. The molecule has 0 fully saturated rings. The van der Waals surface area contributed by atoms with Crippen LogP contribution in [0.5, 0.6) is 0 Å². The van der Waals surface area contributed by atoms with E-state index in [2.05, 4.69) is 15.6 Å². The maximum atomic E-state index is 11.7. The molecule has 0 unspecified atom stereocenters. The number of hydrogen-bond donors (Lipinski definition) is 2. The van der Waals surface area contributed by atoms with Gasteiger partial charge in [0.25, 0.3) is 0 Å². The van der Waals surface area contributed by atoms with Crippen LogP contribution in [0.2, 0.25) is 5.02 Å². The van der Waals surface area contributed by atoms with E-state index in [4.69, 9.17) is 16.7 Å². The third kappa shape index (κ3) is 3.55. The van der Waals surface area contributed by atoms with Gasteiger partial charge in [0.15, 0.2) is 5.69 Å². The molecular weight excluding hydrogens is 284 g/mol. The second-order valence-corrected chi connectivity index (χ2v) is 4.36. The summed E-state index contributed by atoms with van der Waals surface area (Å²) in [5.74, 6) is -1.40. The Labute approximate surface area is 119 Å². The van der Waals surface area contributed by atoms with Gasteiger partial charge in [0, 0.05) is 6.42 Å². The highest BCUT2D eigenvalue weighted by Gasteiger charge is 2.10. The fourth-order valence-corrected chi connectivity index (χ4v) is 1.68. The molecule has 0 saturated heterocycles. The van der Waals surface area contributed by atoms with Crippen LogP contribution >= 0.6 is 11.6 Å². The number of benzene rings is 1. The van der Waals surface area contributed by atoms with Gasteiger partial charge in [0.1, 0.15) is 0 Å². The summed E-state index contributed by atoms with van der Waals surface area (Å²) in [6.45, 7) is 0.233. The second kappa shape index (κ2) is 6.16. The van der Waals surface area contributed by atoms with Gasteiger partial charge in [0.05, 0.1) is 23.5 Å². The predicted molar refractivity (Wildman–Crippen MR) is 71.7 cm³/mol. The number of aromatic nitrogens is 3. The van der Waals surface area contributed by atoms with Crippen LogP contribution in [-0.2, 0) is 11.3 Å². The van der Waals surface area contributed by atoms with Gasteiger partial charge in [-0.25, -0.2) is 4.79 Å².